The van der Waals surface area contributed by atoms with E-state index in [1.165, 1.54) is 21.2 Å². The Bertz CT molecular complexity index is 558. The van der Waals surface area contributed by atoms with Crippen molar-refractivity contribution in [3.8, 4) is 0 Å². The van der Waals surface area contributed by atoms with Crippen molar-refractivity contribution in [1.82, 2.24) is 0 Å². The Hall–Kier alpha value is -1.32. The van der Waals surface area contributed by atoms with Crippen LogP contribution in [-0.4, -0.2) is 6.61 Å². The molecule has 2 heterocycles. The van der Waals surface area contributed by atoms with Gasteiger partial charge in [-0.25, -0.2) is 0 Å². The minimum Gasteiger partial charge on any atom is -0.501 e. The fourth-order valence-corrected chi connectivity index (χ4v) is 3.25. The lowest BCUT2D eigenvalue weighted by atomic mass is 9.96. The molecular weight excluding hydrogens is 230 g/mol. The second-order valence-corrected chi connectivity index (χ2v) is 5.24. The van der Waals surface area contributed by atoms with Crippen molar-refractivity contribution in [2.75, 3.05) is 6.61 Å². The molecule has 0 bridgehead atoms. The zero-order valence-electron chi connectivity index (χ0n) is 9.56. The summed E-state index contributed by atoms with van der Waals surface area (Å²) in [6.07, 6.45) is 3.97. The van der Waals surface area contributed by atoms with Gasteiger partial charge >= 0.3 is 0 Å². The second kappa shape index (κ2) is 4.51. The molecule has 3 rings (SSSR count). The molecule has 0 aliphatic carbocycles. The summed E-state index contributed by atoms with van der Waals surface area (Å²) in [5.41, 5.74) is 8.77. The van der Waals surface area contributed by atoms with Crippen LogP contribution in [0, 0.1) is 0 Å². The highest BCUT2D eigenvalue weighted by atomic mass is 32.1. The largest absolute Gasteiger partial charge is 0.501 e. The van der Waals surface area contributed by atoms with Crippen molar-refractivity contribution in [3.05, 3.63) is 47.0 Å². The monoisotopic (exact) mass is 245 g/mol. The summed E-state index contributed by atoms with van der Waals surface area (Å²) in [4.78, 5) is 0. The van der Waals surface area contributed by atoms with Gasteiger partial charge in [0.15, 0.2) is 0 Å². The number of hydrogen-bond acceptors (Lipinski definition) is 3. The number of benzene rings is 1. The van der Waals surface area contributed by atoms with Crippen LogP contribution < -0.4 is 5.73 Å². The van der Waals surface area contributed by atoms with Crippen LogP contribution in [0.5, 0.6) is 0 Å². The number of hydrogen-bond donors (Lipinski definition) is 1. The molecule has 0 saturated carbocycles. The van der Waals surface area contributed by atoms with E-state index in [1.807, 2.05) is 6.26 Å². The lowest BCUT2D eigenvalue weighted by Crippen LogP contribution is -2.15. The molecule has 88 valence electrons. The summed E-state index contributed by atoms with van der Waals surface area (Å²) in [6.45, 7) is 0.820. The molecule has 1 aliphatic heterocycles. The molecule has 2 aromatic rings. The molecule has 0 radical (unpaired) electrons. The van der Waals surface area contributed by atoms with Crippen LogP contribution in [0.2, 0.25) is 0 Å². The van der Waals surface area contributed by atoms with Crippen molar-refractivity contribution in [1.29, 1.82) is 0 Å². The molecule has 3 heteroatoms. The normalized spacial score (nSPS) is 17.6. The van der Waals surface area contributed by atoms with E-state index in [0.717, 1.165) is 19.4 Å². The first-order chi connectivity index (χ1) is 8.36. The fraction of sp³-hybridized carbons (Fsp3) is 0.286. The molecule has 0 spiro atoms. The number of thiophene rings is 1. The molecule has 2 N–H and O–H groups in total. The Labute approximate surface area is 105 Å². The average Bonchev–Trinajstić information content (AvgIpc) is 2.83. The molecule has 2 nitrogen and oxygen atoms in total. The first-order valence-electron chi connectivity index (χ1n) is 5.88. The first-order valence-corrected chi connectivity index (χ1v) is 6.76. The Balaban J connectivity index is 2.00. The fourth-order valence-electron chi connectivity index (χ4n) is 2.25. The van der Waals surface area contributed by atoms with Gasteiger partial charge in [-0.2, -0.15) is 0 Å². The minimum atomic E-state index is -0.0218. The Kier molecular flexibility index (Phi) is 2.87. The minimum absolute atomic E-state index is 0.0218. The van der Waals surface area contributed by atoms with Gasteiger partial charge in [-0.05, 0) is 40.8 Å². The maximum absolute atomic E-state index is 6.34. The molecule has 1 aliphatic rings. The van der Waals surface area contributed by atoms with Crippen LogP contribution in [0.4, 0.5) is 0 Å². The summed E-state index contributed by atoms with van der Waals surface area (Å²) < 4.78 is 6.68. The second-order valence-electron chi connectivity index (χ2n) is 4.33. The van der Waals surface area contributed by atoms with Gasteiger partial charge in [0.25, 0.3) is 0 Å². The van der Waals surface area contributed by atoms with Crippen molar-refractivity contribution in [3.63, 3.8) is 0 Å². The van der Waals surface area contributed by atoms with Gasteiger partial charge in [0.05, 0.1) is 18.9 Å². The summed E-state index contributed by atoms with van der Waals surface area (Å²) >= 11 is 1.76. The SMILES string of the molecule is NC(C1=COCCC1)c1csc2ccccc12. The molecule has 0 amide bonds. The predicted molar refractivity (Wildman–Crippen MR) is 72.0 cm³/mol. The summed E-state index contributed by atoms with van der Waals surface area (Å²) in [7, 11) is 0. The van der Waals surface area contributed by atoms with Crippen LogP contribution in [0.25, 0.3) is 10.1 Å². The van der Waals surface area contributed by atoms with Crippen LogP contribution in [0.3, 0.4) is 0 Å². The van der Waals surface area contributed by atoms with Gasteiger partial charge in [-0.3, -0.25) is 0 Å². The Morgan fingerprint density at radius 2 is 2.18 bits per heavy atom. The maximum Gasteiger partial charge on any atom is 0.0876 e. The van der Waals surface area contributed by atoms with Crippen molar-refractivity contribution < 1.29 is 4.74 Å². The summed E-state index contributed by atoms with van der Waals surface area (Å²) in [5, 5.41) is 3.45. The van der Waals surface area contributed by atoms with E-state index >= 15 is 0 Å². The van der Waals surface area contributed by atoms with E-state index in [4.69, 9.17) is 10.5 Å². The summed E-state index contributed by atoms with van der Waals surface area (Å²) in [5.74, 6) is 0. The first kappa shape index (κ1) is 10.8. The van der Waals surface area contributed by atoms with Crippen molar-refractivity contribution in [2.24, 2.45) is 5.73 Å². The van der Waals surface area contributed by atoms with Gasteiger partial charge in [-0.1, -0.05) is 18.2 Å². The van der Waals surface area contributed by atoms with Gasteiger partial charge in [0.1, 0.15) is 0 Å². The summed E-state index contributed by atoms with van der Waals surface area (Å²) in [6, 6.07) is 8.40. The van der Waals surface area contributed by atoms with Crippen LogP contribution in [0.1, 0.15) is 24.4 Å². The van der Waals surface area contributed by atoms with Crippen LogP contribution >= 0.6 is 11.3 Å². The number of rotatable bonds is 2. The van der Waals surface area contributed by atoms with E-state index in [9.17, 15) is 0 Å². The molecular formula is C14H15NOS. The van der Waals surface area contributed by atoms with Gasteiger partial charge in [0, 0.05) is 4.70 Å². The van der Waals surface area contributed by atoms with Gasteiger partial charge < -0.3 is 10.5 Å². The maximum atomic E-state index is 6.34. The smallest absolute Gasteiger partial charge is 0.0876 e. The quantitative estimate of drug-likeness (QED) is 0.877. The third-order valence-corrected chi connectivity index (χ3v) is 4.19. The topological polar surface area (TPSA) is 35.2 Å². The van der Waals surface area contributed by atoms with Crippen molar-refractivity contribution in [2.45, 2.75) is 18.9 Å². The molecule has 1 unspecified atom stereocenters. The highest BCUT2D eigenvalue weighted by molar-refractivity contribution is 7.17. The zero-order valence-corrected chi connectivity index (χ0v) is 10.4. The number of ether oxygens (including phenoxy) is 1. The van der Waals surface area contributed by atoms with Gasteiger partial charge in [0.2, 0.25) is 0 Å². The number of fused-ring (bicyclic) bond motifs is 1. The van der Waals surface area contributed by atoms with E-state index in [2.05, 4.69) is 29.6 Å². The van der Waals surface area contributed by atoms with Crippen LogP contribution in [-0.2, 0) is 4.74 Å². The Morgan fingerprint density at radius 3 is 3.00 bits per heavy atom. The lowest BCUT2D eigenvalue weighted by Gasteiger charge is -2.19. The van der Waals surface area contributed by atoms with Crippen molar-refractivity contribution >= 4 is 21.4 Å². The van der Waals surface area contributed by atoms with Crippen LogP contribution in [0.15, 0.2) is 41.5 Å². The highest BCUT2D eigenvalue weighted by Gasteiger charge is 2.17. The molecule has 1 aromatic carbocycles. The zero-order chi connectivity index (χ0) is 11.7. The number of nitrogens with two attached hydrogens (primary N) is 1. The van der Waals surface area contributed by atoms with E-state index in [0.29, 0.717) is 0 Å². The Morgan fingerprint density at radius 1 is 1.29 bits per heavy atom. The predicted octanol–water partition coefficient (Wildman–Crippen LogP) is 3.60. The average molecular weight is 245 g/mol. The third-order valence-electron chi connectivity index (χ3n) is 3.21. The molecule has 1 aromatic heterocycles. The molecule has 0 fully saturated rings. The van der Waals surface area contributed by atoms with Gasteiger partial charge in [-0.15, -0.1) is 11.3 Å². The molecule has 17 heavy (non-hydrogen) atoms. The van der Waals surface area contributed by atoms with E-state index < -0.39 is 0 Å². The van der Waals surface area contributed by atoms with E-state index in [1.54, 1.807) is 11.3 Å². The molecule has 1 atom stereocenters. The lowest BCUT2D eigenvalue weighted by molar-refractivity contribution is 0.221. The molecule has 0 saturated heterocycles. The highest BCUT2D eigenvalue weighted by Crippen LogP contribution is 2.34. The standard InChI is InChI=1S/C14H15NOS/c15-14(10-4-3-7-16-8-10)12-9-17-13-6-2-1-5-11(12)13/h1-2,5-6,8-9,14H,3-4,7,15H2. The van der Waals surface area contributed by atoms with E-state index in [-0.39, 0.29) is 6.04 Å². The third kappa shape index (κ3) is 1.96.